The van der Waals surface area contributed by atoms with Gasteiger partial charge in [0.1, 0.15) is 5.78 Å². The van der Waals surface area contributed by atoms with Crippen molar-refractivity contribution in [2.75, 3.05) is 0 Å². The highest BCUT2D eigenvalue weighted by Gasteiger charge is 2.37. The highest BCUT2D eigenvalue weighted by molar-refractivity contribution is 5.82. The molecule has 1 saturated carbocycles. The monoisotopic (exact) mass is 232 g/mol. The Kier molecular flexibility index (Phi) is 3.34. The summed E-state index contributed by atoms with van der Waals surface area (Å²) in [6, 6.07) is 9.50. The molecule has 0 bridgehead atoms. The van der Waals surface area contributed by atoms with E-state index in [2.05, 4.69) is 13.8 Å². The average molecular weight is 232 g/mol. The number of ketones is 1. The van der Waals surface area contributed by atoms with Gasteiger partial charge in [0.2, 0.25) is 0 Å². The lowest BCUT2D eigenvalue weighted by atomic mass is 9.69. The van der Waals surface area contributed by atoms with E-state index in [0.717, 1.165) is 18.4 Å². The molecule has 1 aromatic rings. The Morgan fingerprint density at radius 2 is 1.94 bits per heavy atom. The molecule has 0 aliphatic heterocycles. The molecule has 1 N–H and O–H groups in total. The van der Waals surface area contributed by atoms with Crippen molar-refractivity contribution in [3.05, 3.63) is 35.9 Å². The Bertz CT molecular complexity index is 395. The van der Waals surface area contributed by atoms with E-state index in [-0.39, 0.29) is 17.1 Å². The van der Waals surface area contributed by atoms with Gasteiger partial charge in [0.05, 0.1) is 6.10 Å². The molecule has 0 spiro atoms. The Labute approximate surface area is 103 Å². The number of carbonyl (C=O) groups is 1. The third-order valence-corrected chi connectivity index (χ3v) is 3.76. The molecule has 2 atom stereocenters. The number of hydrogen-bond acceptors (Lipinski definition) is 2. The molecule has 1 fully saturated rings. The van der Waals surface area contributed by atoms with Crippen molar-refractivity contribution < 1.29 is 9.90 Å². The van der Waals surface area contributed by atoms with Crippen LogP contribution in [-0.2, 0) is 4.79 Å². The maximum atomic E-state index is 11.9. The Balaban J connectivity index is 2.18. The van der Waals surface area contributed by atoms with E-state index in [1.807, 2.05) is 30.3 Å². The second-order valence-corrected chi connectivity index (χ2v) is 5.80. The molecule has 0 saturated heterocycles. The third kappa shape index (κ3) is 2.75. The standard InChI is InChI=1S/C15H20O2/c1-15(2)9-8-13(16)12(10-15)14(17)11-6-4-3-5-7-11/h3-7,12,14,17H,8-10H2,1-2H3/t12-,14-/m1/s1. The molecule has 2 heteroatoms. The van der Waals surface area contributed by atoms with Gasteiger partial charge in [-0.25, -0.2) is 0 Å². The number of rotatable bonds is 2. The topological polar surface area (TPSA) is 37.3 Å². The molecule has 2 nitrogen and oxygen atoms in total. The lowest BCUT2D eigenvalue weighted by Crippen LogP contribution is -2.33. The molecule has 1 aliphatic rings. The minimum absolute atomic E-state index is 0.161. The predicted molar refractivity (Wildman–Crippen MR) is 67.5 cm³/mol. The first-order valence-electron chi connectivity index (χ1n) is 6.25. The minimum atomic E-state index is -0.650. The van der Waals surface area contributed by atoms with Crippen molar-refractivity contribution in [3.63, 3.8) is 0 Å². The molecule has 17 heavy (non-hydrogen) atoms. The van der Waals surface area contributed by atoms with E-state index in [1.165, 1.54) is 0 Å². The van der Waals surface area contributed by atoms with Crippen molar-refractivity contribution in [1.82, 2.24) is 0 Å². The summed E-state index contributed by atoms with van der Waals surface area (Å²) in [5, 5.41) is 10.3. The second-order valence-electron chi connectivity index (χ2n) is 5.80. The SMILES string of the molecule is CC1(C)CCC(=O)[C@H]([C@H](O)c2ccccc2)C1. The van der Waals surface area contributed by atoms with E-state index < -0.39 is 6.10 Å². The van der Waals surface area contributed by atoms with Crippen LogP contribution in [0.1, 0.15) is 44.8 Å². The second kappa shape index (κ2) is 4.61. The van der Waals surface area contributed by atoms with Gasteiger partial charge in [-0.1, -0.05) is 44.2 Å². The number of benzene rings is 1. The van der Waals surface area contributed by atoms with Gasteiger partial charge in [-0.05, 0) is 23.8 Å². The van der Waals surface area contributed by atoms with Crippen molar-refractivity contribution >= 4 is 5.78 Å². The minimum Gasteiger partial charge on any atom is -0.388 e. The smallest absolute Gasteiger partial charge is 0.138 e. The summed E-state index contributed by atoms with van der Waals surface area (Å²) < 4.78 is 0. The van der Waals surface area contributed by atoms with E-state index >= 15 is 0 Å². The highest BCUT2D eigenvalue weighted by Crippen LogP contribution is 2.41. The van der Waals surface area contributed by atoms with Crippen molar-refractivity contribution in [3.8, 4) is 0 Å². The van der Waals surface area contributed by atoms with E-state index in [4.69, 9.17) is 0 Å². The predicted octanol–water partition coefficient (Wildman–Crippen LogP) is 3.12. The molecule has 0 radical (unpaired) electrons. The molecule has 2 rings (SSSR count). The van der Waals surface area contributed by atoms with Gasteiger partial charge < -0.3 is 5.11 Å². The van der Waals surface area contributed by atoms with Gasteiger partial charge in [-0.2, -0.15) is 0 Å². The zero-order valence-electron chi connectivity index (χ0n) is 10.5. The largest absolute Gasteiger partial charge is 0.388 e. The molecule has 0 unspecified atom stereocenters. The maximum absolute atomic E-state index is 11.9. The molecule has 0 aromatic heterocycles. The van der Waals surface area contributed by atoms with Crippen molar-refractivity contribution in [2.24, 2.45) is 11.3 Å². The fraction of sp³-hybridized carbons (Fsp3) is 0.533. The third-order valence-electron chi connectivity index (χ3n) is 3.76. The van der Waals surface area contributed by atoms with Crippen molar-refractivity contribution in [2.45, 2.75) is 39.2 Å². The van der Waals surface area contributed by atoms with Crippen LogP contribution in [0.25, 0.3) is 0 Å². The van der Waals surface area contributed by atoms with E-state index in [1.54, 1.807) is 0 Å². The van der Waals surface area contributed by atoms with Gasteiger partial charge in [-0.15, -0.1) is 0 Å². The number of aliphatic hydroxyl groups excluding tert-OH is 1. The molecular formula is C15H20O2. The molecule has 1 aromatic carbocycles. The van der Waals surface area contributed by atoms with Crippen LogP contribution in [0.4, 0.5) is 0 Å². The molecule has 0 amide bonds. The number of carbonyl (C=O) groups excluding carboxylic acids is 1. The van der Waals surface area contributed by atoms with Crippen LogP contribution in [0.5, 0.6) is 0 Å². The highest BCUT2D eigenvalue weighted by atomic mass is 16.3. The van der Waals surface area contributed by atoms with Crippen LogP contribution in [0, 0.1) is 11.3 Å². The van der Waals surface area contributed by atoms with Gasteiger partial charge in [0.25, 0.3) is 0 Å². The lowest BCUT2D eigenvalue weighted by molar-refractivity contribution is -0.131. The summed E-state index contributed by atoms with van der Waals surface area (Å²) in [6.07, 6.45) is 1.66. The van der Waals surface area contributed by atoms with Crippen LogP contribution in [0.3, 0.4) is 0 Å². The van der Waals surface area contributed by atoms with E-state index in [9.17, 15) is 9.90 Å². The van der Waals surface area contributed by atoms with E-state index in [0.29, 0.717) is 6.42 Å². The van der Waals surface area contributed by atoms with Crippen LogP contribution in [0.2, 0.25) is 0 Å². The Hall–Kier alpha value is -1.15. The summed E-state index contributed by atoms with van der Waals surface area (Å²) in [4.78, 5) is 11.9. The summed E-state index contributed by atoms with van der Waals surface area (Å²) in [5.41, 5.74) is 1.01. The van der Waals surface area contributed by atoms with Crippen LogP contribution >= 0.6 is 0 Å². The summed E-state index contributed by atoms with van der Waals surface area (Å²) in [5.74, 6) is -0.0261. The van der Waals surface area contributed by atoms with Crippen LogP contribution in [-0.4, -0.2) is 10.9 Å². The Morgan fingerprint density at radius 3 is 2.59 bits per heavy atom. The summed E-state index contributed by atoms with van der Waals surface area (Å²) in [7, 11) is 0. The van der Waals surface area contributed by atoms with Gasteiger partial charge >= 0.3 is 0 Å². The maximum Gasteiger partial charge on any atom is 0.138 e. The molecule has 1 aliphatic carbocycles. The van der Waals surface area contributed by atoms with Gasteiger partial charge in [-0.3, -0.25) is 4.79 Å². The van der Waals surface area contributed by atoms with Crippen molar-refractivity contribution in [1.29, 1.82) is 0 Å². The molecule has 92 valence electrons. The normalized spacial score (nSPS) is 25.6. The zero-order valence-corrected chi connectivity index (χ0v) is 10.5. The van der Waals surface area contributed by atoms with Gasteiger partial charge in [0.15, 0.2) is 0 Å². The first-order valence-corrected chi connectivity index (χ1v) is 6.25. The molecular weight excluding hydrogens is 212 g/mol. The number of Topliss-reactive ketones (excluding diaryl/α,β-unsaturated/α-hetero) is 1. The van der Waals surface area contributed by atoms with Gasteiger partial charge in [0, 0.05) is 12.3 Å². The summed E-state index contributed by atoms with van der Waals surface area (Å²) in [6.45, 7) is 4.34. The first-order chi connectivity index (χ1) is 7.99. The number of hydrogen-bond donors (Lipinski definition) is 1. The lowest BCUT2D eigenvalue weighted by Gasteiger charge is -2.36. The average Bonchev–Trinajstić information content (AvgIpc) is 2.33. The molecule has 0 heterocycles. The quantitative estimate of drug-likeness (QED) is 0.850. The van der Waals surface area contributed by atoms with Crippen LogP contribution < -0.4 is 0 Å². The van der Waals surface area contributed by atoms with Crippen LogP contribution in [0.15, 0.2) is 30.3 Å². The first kappa shape index (κ1) is 12.3. The fourth-order valence-corrected chi connectivity index (χ4v) is 2.63. The Morgan fingerprint density at radius 1 is 1.29 bits per heavy atom. The fourth-order valence-electron chi connectivity index (χ4n) is 2.63. The number of aliphatic hydroxyl groups is 1. The zero-order chi connectivity index (χ0) is 12.5. The summed E-state index contributed by atoms with van der Waals surface area (Å²) >= 11 is 0.